The Morgan fingerprint density at radius 2 is 2.23 bits per heavy atom. The minimum Gasteiger partial charge on any atom is -0.348 e. The third kappa shape index (κ3) is 0.729. The number of aromatic nitrogens is 3. The van der Waals surface area contributed by atoms with E-state index in [0.717, 1.165) is 16.6 Å². The van der Waals surface area contributed by atoms with Crippen LogP contribution in [0.4, 0.5) is 0 Å². The van der Waals surface area contributed by atoms with Crippen molar-refractivity contribution in [1.29, 1.82) is 0 Å². The third-order valence-corrected chi connectivity index (χ3v) is 2.26. The van der Waals surface area contributed by atoms with Gasteiger partial charge >= 0.3 is 0 Å². The van der Waals surface area contributed by atoms with E-state index in [1.807, 2.05) is 0 Å². The molecule has 13 heavy (non-hydrogen) atoms. The van der Waals surface area contributed by atoms with Crippen molar-refractivity contribution in [3.63, 3.8) is 0 Å². The van der Waals surface area contributed by atoms with Crippen LogP contribution in [0.25, 0.3) is 11.0 Å². The molecule has 1 aromatic carbocycles. The minimum atomic E-state index is -0.0279. The Balaban J connectivity index is 2.45. The van der Waals surface area contributed by atoms with Gasteiger partial charge in [-0.3, -0.25) is 4.79 Å². The summed E-state index contributed by atoms with van der Waals surface area (Å²) in [7, 11) is 0. The second-order valence-corrected chi connectivity index (χ2v) is 2.97. The van der Waals surface area contributed by atoms with Crippen LogP contribution in [-0.4, -0.2) is 21.3 Å². The first kappa shape index (κ1) is 6.59. The van der Waals surface area contributed by atoms with E-state index in [0.29, 0.717) is 12.1 Å². The number of H-pyrrole nitrogens is 1. The van der Waals surface area contributed by atoms with Crippen LogP contribution in [0.15, 0.2) is 12.1 Å². The number of benzene rings is 1. The fourth-order valence-electron chi connectivity index (χ4n) is 1.62. The predicted molar refractivity (Wildman–Crippen MR) is 45.1 cm³/mol. The first-order chi connectivity index (χ1) is 6.36. The number of aromatic amines is 1. The van der Waals surface area contributed by atoms with Crippen LogP contribution in [0.3, 0.4) is 0 Å². The van der Waals surface area contributed by atoms with Crippen LogP contribution >= 0.6 is 0 Å². The summed E-state index contributed by atoms with van der Waals surface area (Å²) in [5, 5.41) is 13.2. The highest BCUT2D eigenvalue weighted by Crippen LogP contribution is 2.22. The lowest BCUT2D eigenvalue weighted by Gasteiger charge is -1.93. The van der Waals surface area contributed by atoms with Gasteiger partial charge in [-0.15, -0.1) is 0 Å². The number of amides is 1. The Bertz CT molecular complexity index is 502. The predicted octanol–water partition coefficient (Wildman–Crippen LogP) is 0.201. The highest BCUT2D eigenvalue weighted by atomic mass is 16.1. The number of nitrogens with zero attached hydrogens (tertiary/aromatic N) is 2. The fourth-order valence-corrected chi connectivity index (χ4v) is 1.62. The third-order valence-electron chi connectivity index (χ3n) is 2.26. The summed E-state index contributed by atoms with van der Waals surface area (Å²) in [5.41, 5.74) is 3.24. The number of hydrogen-bond donors (Lipinski definition) is 2. The summed E-state index contributed by atoms with van der Waals surface area (Å²) in [6.07, 6.45) is 0. The molecule has 0 spiro atoms. The van der Waals surface area contributed by atoms with E-state index in [2.05, 4.69) is 20.7 Å². The van der Waals surface area contributed by atoms with E-state index < -0.39 is 0 Å². The van der Waals surface area contributed by atoms with Gasteiger partial charge in [0.25, 0.3) is 5.91 Å². The van der Waals surface area contributed by atoms with Crippen molar-refractivity contribution >= 4 is 16.9 Å². The molecule has 3 rings (SSSR count). The Morgan fingerprint density at radius 3 is 3.15 bits per heavy atom. The molecule has 0 fully saturated rings. The minimum absolute atomic E-state index is 0.0279. The Kier molecular flexibility index (Phi) is 1.05. The quantitative estimate of drug-likeness (QED) is 0.599. The Labute approximate surface area is 73.1 Å². The molecule has 1 aliphatic rings. The van der Waals surface area contributed by atoms with Gasteiger partial charge in [-0.1, -0.05) is 0 Å². The molecular weight excluding hydrogens is 168 g/mol. The van der Waals surface area contributed by atoms with E-state index in [9.17, 15) is 4.79 Å². The molecule has 2 N–H and O–H groups in total. The molecule has 0 saturated carbocycles. The maximum absolute atomic E-state index is 11.3. The molecule has 0 bridgehead atoms. The Morgan fingerprint density at radius 1 is 1.31 bits per heavy atom. The average molecular weight is 174 g/mol. The van der Waals surface area contributed by atoms with E-state index in [1.54, 1.807) is 12.1 Å². The highest BCUT2D eigenvalue weighted by molar-refractivity contribution is 6.02. The second kappa shape index (κ2) is 2.07. The summed E-state index contributed by atoms with van der Waals surface area (Å²) < 4.78 is 0. The van der Waals surface area contributed by atoms with Crippen LogP contribution in [-0.2, 0) is 6.54 Å². The SMILES string of the molecule is O=C1NCc2c1ccc1n[nH]nc21. The molecule has 0 unspecified atom stereocenters. The maximum Gasteiger partial charge on any atom is 0.251 e. The number of carbonyl (C=O) groups is 1. The lowest BCUT2D eigenvalue weighted by molar-refractivity contribution is 0.0966. The van der Waals surface area contributed by atoms with Gasteiger partial charge in [0.15, 0.2) is 0 Å². The first-order valence-electron chi connectivity index (χ1n) is 3.97. The van der Waals surface area contributed by atoms with Crippen LogP contribution in [0.5, 0.6) is 0 Å². The molecular formula is C8H6N4O. The molecule has 5 heteroatoms. The summed E-state index contributed by atoms with van der Waals surface area (Å²) in [6.45, 7) is 0.554. The van der Waals surface area contributed by atoms with E-state index in [1.165, 1.54) is 0 Å². The van der Waals surface area contributed by atoms with Gasteiger partial charge in [0.1, 0.15) is 11.0 Å². The van der Waals surface area contributed by atoms with E-state index >= 15 is 0 Å². The van der Waals surface area contributed by atoms with Crippen molar-refractivity contribution in [2.45, 2.75) is 6.54 Å². The molecule has 0 radical (unpaired) electrons. The summed E-state index contributed by atoms with van der Waals surface area (Å²) in [5.74, 6) is -0.0279. The van der Waals surface area contributed by atoms with Crippen molar-refractivity contribution in [3.8, 4) is 0 Å². The van der Waals surface area contributed by atoms with Gasteiger partial charge in [-0.25, -0.2) is 0 Å². The normalized spacial score (nSPS) is 14.6. The van der Waals surface area contributed by atoms with Crippen molar-refractivity contribution in [2.24, 2.45) is 0 Å². The first-order valence-corrected chi connectivity index (χ1v) is 3.97. The van der Waals surface area contributed by atoms with Gasteiger partial charge in [0.05, 0.1) is 0 Å². The zero-order valence-corrected chi connectivity index (χ0v) is 6.66. The summed E-state index contributed by atoms with van der Waals surface area (Å²) in [6, 6.07) is 3.57. The van der Waals surface area contributed by atoms with Gasteiger partial charge < -0.3 is 5.32 Å². The second-order valence-electron chi connectivity index (χ2n) is 2.97. The maximum atomic E-state index is 11.3. The van der Waals surface area contributed by atoms with Crippen molar-refractivity contribution in [3.05, 3.63) is 23.3 Å². The zero-order valence-electron chi connectivity index (χ0n) is 6.66. The smallest absolute Gasteiger partial charge is 0.251 e. The van der Waals surface area contributed by atoms with Crippen molar-refractivity contribution in [2.75, 3.05) is 0 Å². The molecule has 2 aromatic rings. The number of nitrogens with one attached hydrogen (secondary N) is 2. The van der Waals surface area contributed by atoms with Gasteiger partial charge in [0, 0.05) is 17.7 Å². The number of carbonyl (C=O) groups excluding carboxylic acids is 1. The summed E-state index contributed by atoms with van der Waals surface area (Å²) in [4.78, 5) is 11.3. The molecule has 0 atom stereocenters. The zero-order chi connectivity index (χ0) is 8.84. The summed E-state index contributed by atoms with van der Waals surface area (Å²) >= 11 is 0. The van der Waals surface area contributed by atoms with E-state index in [-0.39, 0.29) is 5.91 Å². The van der Waals surface area contributed by atoms with Crippen molar-refractivity contribution in [1.82, 2.24) is 20.7 Å². The average Bonchev–Trinajstić information content (AvgIpc) is 2.70. The van der Waals surface area contributed by atoms with Crippen LogP contribution < -0.4 is 5.32 Å². The molecule has 5 nitrogen and oxygen atoms in total. The van der Waals surface area contributed by atoms with Crippen LogP contribution in [0, 0.1) is 0 Å². The van der Waals surface area contributed by atoms with E-state index in [4.69, 9.17) is 0 Å². The monoisotopic (exact) mass is 174 g/mol. The standard InChI is InChI=1S/C8H6N4O/c13-8-4-1-2-6-7(11-12-10-6)5(4)3-9-8/h1-2H,3H2,(H,9,13)(H,10,11,12). The fraction of sp³-hybridized carbons (Fsp3) is 0.125. The lowest BCUT2D eigenvalue weighted by atomic mass is 10.1. The molecule has 0 saturated heterocycles. The van der Waals surface area contributed by atoms with Gasteiger partial charge in [-0.05, 0) is 12.1 Å². The number of rotatable bonds is 0. The molecule has 1 aromatic heterocycles. The molecule has 1 amide bonds. The van der Waals surface area contributed by atoms with Crippen LogP contribution in [0.1, 0.15) is 15.9 Å². The van der Waals surface area contributed by atoms with Crippen LogP contribution in [0.2, 0.25) is 0 Å². The number of hydrogen-bond acceptors (Lipinski definition) is 3. The lowest BCUT2D eigenvalue weighted by Crippen LogP contribution is -2.12. The Hall–Kier alpha value is -1.91. The molecule has 1 aliphatic heterocycles. The van der Waals surface area contributed by atoms with Crippen molar-refractivity contribution < 1.29 is 4.79 Å². The molecule has 2 heterocycles. The molecule has 0 aliphatic carbocycles. The highest BCUT2D eigenvalue weighted by Gasteiger charge is 2.21. The topological polar surface area (TPSA) is 70.7 Å². The number of fused-ring (bicyclic) bond motifs is 3. The largest absolute Gasteiger partial charge is 0.348 e. The van der Waals surface area contributed by atoms with Gasteiger partial charge in [0.2, 0.25) is 0 Å². The molecule has 64 valence electrons. The van der Waals surface area contributed by atoms with Gasteiger partial charge in [-0.2, -0.15) is 15.4 Å².